The Balaban J connectivity index is 3.74. The van der Waals surface area contributed by atoms with Crippen molar-refractivity contribution in [3.8, 4) is 0 Å². The fourth-order valence-electron chi connectivity index (χ4n) is 0.571. The van der Waals surface area contributed by atoms with Crippen molar-refractivity contribution in [2.24, 2.45) is 0 Å². The largest absolute Gasteiger partial charge is 0.435 e. The standard InChI is InChI=1S/C10H17O7PS/c1-8(2)5-14-15-7-17-18(12,19)16-6-13-10(11)9(3)4/h1,3,5-7H2,2,4H3,(H,12,19). The number of carbonyl (C=O) groups excluding carboxylic acids is 1. The molecule has 19 heavy (non-hydrogen) atoms. The zero-order chi connectivity index (χ0) is 14.9. The van der Waals surface area contributed by atoms with E-state index in [1.807, 2.05) is 0 Å². The third-order valence-electron chi connectivity index (χ3n) is 1.41. The fraction of sp³-hybridized carbons (Fsp3) is 0.500. The van der Waals surface area contributed by atoms with Gasteiger partial charge < -0.3 is 9.63 Å². The maximum absolute atomic E-state index is 11.0. The second-order valence-corrected chi connectivity index (χ2v) is 6.35. The molecule has 1 N–H and O–H groups in total. The van der Waals surface area contributed by atoms with Gasteiger partial charge in [0.05, 0.1) is 0 Å². The first-order chi connectivity index (χ1) is 8.74. The summed E-state index contributed by atoms with van der Waals surface area (Å²) >= 11 is 4.62. The van der Waals surface area contributed by atoms with Gasteiger partial charge in [-0.1, -0.05) is 18.7 Å². The van der Waals surface area contributed by atoms with E-state index >= 15 is 0 Å². The summed E-state index contributed by atoms with van der Waals surface area (Å²) in [5.74, 6) is -0.656. The van der Waals surface area contributed by atoms with Gasteiger partial charge in [0.25, 0.3) is 0 Å². The molecule has 0 saturated heterocycles. The highest BCUT2D eigenvalue weighted by atomic mass is 32.5. The lowest BCUT2D eigenvalue weighted by molar-refractivity contribution is -0.318. The first-order valence-electron chi connectivity index (χ1n) is 5.08. The lowest BCUT2D eigenvalue weighted by Crippen LogP contribution is -2.09. The van der Waals surface area contributed by atoms with Crippen LogP contribution in [-0.2, 0) is 40.2 Å². The Bertz CT molecular complexity index is 382. The Morgan fingerprint density at radius 3 is 2.32 bits per heavy atom. The minimum absolute atomic E-state index is 0.189. The highest BCUT2D eigenvalue weighted by Crippen LogP contribution is 2.43. The first kappa shape index (κ1) is 18.4. The molecule has 0 rings (SSSR count). The smallest absolute Gasteiger partial charge is 0.335 e. The predicted molar refractivity (Wildman–Crippen MR) is 71.2 cm³/mol. The van der Waals surface area contributed by atoms with Crippen LogP contribution in [0.1, 0.15) is 13.8 Å². The minimum Gasteiger partial charge on any atom is -0.435 e. The summed E-state index contributed by atoms with van der Waals surface area (Å²) in [6.45, 7) is 5.86. The van der Waals surface area contributed by atoms with Crippen LogP contribution in [0.4, 0.5) is 0 Å². The van der Waals surface area contributed by atoms with Gasteiger partial charge in [-0.25, -0.2) is 14.6 Å². The second-order valence-electron chi connectivity index (χ2n) is 3.51. The Morgan fingerprint density at radius 1 is 1.21 bits per heavy atom. The van der Waals surface area contributed by atoms with Gasteiger partial charge in [0.2, 0.25) is 6.79 Å². The van der Waals surface area contributed by atoms with Crippen molar-refractivity contribution >= 4 is 24.5 Å². The maximum Gasteiger partial charge on any atom is 0.335 e. The van der Waals surface area contributed by atoms with Crippen LogP contribution in [0.2, 0.25) is 0 Å². The van der Waals surface area contributed by atoms with E-state index in [2.05, 4.69) is 39.5 Å². The van der Waals surface area contributed by atoms with Crippen molar-refractivity contribution in [1.82, 2.24) is 0 Å². The molecule has 0 radical (unpaired) electrons. The molecule has 0 aliphatic rings. The van der Waals surface area contributed by atoms with Crippen molar-refractivity contribution in [3.05, 3.63) is 24.3 Å². The maximum atomic E-state index is 11.0. The lowest BCUT2D eigenvalue weighted by atomic mass is 10.4. The van der Waals surface area contributed by atoms with Gasteiger partial charge in [0, 0.05) is 5.57 Å². The molecular weight excluding hydrogens is 295 g/mol. The molecule has 0 bridgehead atoms. The van der Waals surface area contributed by atoms with Crippen molar-refractivity contribution in [2.75, 3.05) is 20.2 Å². The zero-order valence-electron chi connectivity index (χ0n) is 10.8. The van der Waals surface area contributed by atoms with Crippen LogP contribution >= 0.6 is 6.72 Å². The molecular formula is C10H17O7PS. The highest BCUT2D eigenvalue weighted by Gasteiger charge is 2.16. The van der Waals surface area contributed by atoms with Crippen LogP contribution in [0, 0.1) is 0 Å². The second kappa shape index (κ2) is 9.33. The van der Waals surface area contributed by atoms with Gasteiger partial charge in [-0.3, -0.25) is 9.05 Å². The first-order valence-corrected chi connectivity index (χ1v) is 7.67. The van der Waals surface area contributed by atoms with Crippen LogP contribution in [0.15, 0.2) is 24.3 Å². The predicted octanol–water partition coefficient (Wildman–Crippen LogP) is 1.79. The molecule has 1 atom stereocenters. The third-order valence-corrected chi connectivity index (χ3v) is 2.90. The molecule has 0 saturated carbocycles. The average molecular weight is 312 g/mol. The lowest BCUT2D eigenvalue weighted by Gasteiger charge is -2.15. The summed E-state index contributed by atoms with van der Waals surface area (Å²) < 4.78 is 14.0. The SMILES string of the molecule is C=C(C)COOCOP(O)(=S)OCOC(=O)C(=C)C. The molecule has 0 fully saturated rings. The molecule has 0 amide bonds. The van der Waals surface area contributed by atoms with Crippen LogP contribution in [0.5, 0.6) is 0 Å². The van der Waals surface area contributed by atoms with Crippen molar-refractivity contribution in [2.45, 2.75) is 13.8 Å². The van der Waals surface area contributed by atoms with Crippen LogP contribution < -0.4 is 0 Å². The molecule has 0 aliphatic heterocycles. The molecule has 0 heterocycles. The van der Waals surface area contributed by atoms with Crippen LogP contribution in [-0.4, -0.2) is 31.1 Å². The van der Waals surface area contributed by atoms with E-state index < -0.39 is 26.3 Å². The van der Waals surface area contributed by atoms with E-state index in [9.17, 15) is 9.69 Å². The van der Waals surface area contributed by atoms with Crippen LogP contribution in [0.3, 0.4) is 0 Å². The quantitative estimate of drug-likeness (QED) is 0.0955. The van der Waals surface area contributed by atoms with Gasteiger partial charge in [0.15, 0.2) is 6.79 Å². The summed E-state index contributed by atoms with van der Waals surface area (Å²) in [6, 6.07) is 0. The summed E-state index contributed by atoms with van der Waals surface area (Å²) in [4.78, 5) is 29.7. The average Bonchev–Trinajstić information content (AvgIpc) is 2.27. The summed E-state index contributed by atoms with van der Waals surface area (Å²) in [7, 11) is 0. The number of esters is 1. The Kier molecular flexibility index (Phi) is 9.03. The van der Waals surface area contributed by atoms with E-state index in [0.29, 0.717) is 0 Å². The van der Waals surface area contributed by atoms with Crippen LogP contribution in [0.25, 0.3) is 0 Å². The van der Waals surface area contributed by atoms with E-state index in [1.165, 1.54) is 6.92 Å². The van der Waals surface area contributed by atoms with Crippen molar-refractivity contribution in [3.63, 3.8) is 0 Å². The van der Waals surface area contributed by atoms with Gasteiger partial charge in [0.1, 0.15) is 6.61 Å². The molecule has 0 aromatic carbocycles. The summed E-state index contributed by atoms with van der Waals surface area (Å²) in [6.07, 6.45) is 0. The van der Waals surface area contributed by atoms with E-state index in [4.69, 9.17) is 9.05 Å². The summed E-state index contributed by atoms with van der Waals surface area (Å²) in [5.41, 5.74) is 0.957. The van der Waals surface area contributed by atoms with Gasteiger partial charge in [-0.05, 0) is 25.7 Å². The van der Waals surface area contributed by atoms with Crippen molar-refractivity contribution in [1.29, 1.82) is 0 Å². The van der Waals surface area contributed by atoms with Gasteiger partial charge >= 0.3 is 12.7 Å². The topological polar surface area (TPSA) is 83.5 Å². The molecule has 0 aromatic heterocycles. The number of hydrogen-bond acceptors (Lipinski definition) is 7. The molecule has 110 valence electrons. The van der Waals surface area contributed by atoms with Gasteiger partial charge in [-0.15, -0.1) is 0 Å². The molecule has 1 unspecified atom stereocenters. The monoisotopic (exact) mass is 312 g/mol. The normalized spacial score (nSPS) is 13.6. The molecule has 0 spiro atoms. The fourth-order valence-corrected chi connectivity index (χ4v) is 1.27. The molecule has 7 nitrogen and oxygen atoms in total. The number of rotatable bonds is 10. The molecule has 9 heteroatoms. The minimum atomic E-state index is -3.54. The molecule has 0 aromatic rings. The number of hydrogen-bond donors (Lipinski definition) is 1. The van der Waals surface area contributed by atoms with E-state index in [1.54, 1.807) is 6.92 Å². The highest BCUT2D eigenvalue weighted by molar-refractivity contribution is 8.07. The third kappa shape index (κ3) is 11.0. The molecule has 0 aliphatic carbocycles. The summed E-state index contributed by atoms with van der Waals surface area (Å²) in [5, 5.41) is 0. The Labute approximate surface area is 116 Å². The van der Waals surface area contributed by atoms with Gasteiger partial charge in [-0.2, -0.15) is 0 Å². The zero-order valence-corrected chi connectivity index (χ0v) is 12.5. The van der Waals surface area contributed by atoms with E-state index in [-0.39, 0.29) is 12.2 Å². The number of ether oxygens (including phenoxy) is 1. The van der Waals surface area contributed by atoms with E-state index in [0.717, 1.165) is 5.57 Å². The van der Waals surface area contributed by atoms with Crippen molar-refractivity contribution < 1.29 is 33.2 Å². The number of carbonyl (C=O) groups is 1. The Morgan fingerprint density at radius 2 is 1.79 bits per heavy atom. The Hall–Kier alpha value is -0.600.